The Labute approximate surface area is 206 Å². The molecular formula is C25H21ClN6O3. The first kappa shape index (κ1) is 22.4. The molecule has 2 aromatic carbocycles. The Morgan fingerprint density at radius 1 is 0.943 bits per heavy atom. The molecule has 0 bridgehead atoms. The summed E-state index contributed by atoms with van der Waals surface area (Å²) in [7, 11) is 0. The third-order valence-electron chi connectivity index (χ3n) is 5.27. The summed E-state index contributed by atoms with van der Waals surface area (Å²) in [4.78, 5) is 25.6. The van der Waals surface area contributed by atoms with Crippen LogP contribution in [0.4, 0.5) is 17.5 Å². The molecule has 1 aliphatic heterocycles. The number of rotatable bonds is 8. The van der Waals surface area contributed by atoms with Crippen LogP contribution in [-0.2, 0) is 13.1 Å². The van der Waals surface area contributed by atoms with E-state index in [9.17, 15) is 4.79 Å². The molecule has 2 aromatic heterocycles. The average Bonchev–Trinajstić information content (AvgIpc) is 3.38. The molecule has 0 fully saturated rings. The van der Waals surface area contributed by atoms with Crippen LogP contribution in [0.5, 0.6) is 11.5 Å². The van der Waals surface area contributed by atoms with Crippen molar-refractivity contribution in [2.24, 2.45) is 0 Å². The summed E-state index contributed by atoms with van der Waals surface area (Å²) in [6.07, 6.45) is 3.34. The number of nitrogens with one attached hydrogen (secondary N) is 3. The SMILES string of the molecule is O=C(NCc1cccnc1CNc1nccc(Nc2c(Cl)ccc3c2OCO3)n1)c1ccccc1. The Balaban J connectivity index is 1.25. The lowest BCUT2D eigenvalue weighted by molar-refractivity contribution is 0.0951. The molecule has 0 atom stereocenters. The van der Waals surface area contributed by atoms with E-state index in [1.54, 1.807) is 42.7 Å². The summed E-state index contributed by atoms with van der Waals surface area (Å²) in [6.45, 7) is 0.860. The van der Waals surface area contributed by atoms with Gasteiger partial charge in [-0.15, -0.1) is 0 Å². The lowest BCUT2D eigenvalue weighted by atomic mass is 10.1. The lowest BCUT2D eigenvalue weighted by Crippen LogP contribution is -2.24. The van der Waals surface area contributed by atoms with Crippen molar-refractivity contribution in [3.8, 4) is 11.5 Å². The van der Waals surface area contributed by atoms with Gasteiger partial charge in [0.05, 0.1) is 17.3 Å². The van der Waals surface area contributed by atoms with E-state index < -0.39 is 0 Å². The van der Waals surface area contributed by atoms with Crippen LogP contribution in [0, 0.1) is 0 Å². The first-order chi connectivity index (χ1) is 17.2. The van der Waals surface area contributed by atoms with Crippen molar-refractivity contribution in [3.05, 3.63) is 94.9 Å². The molecule has 0 saturated carbocycles. The summed E-state index contributed by atoms with van der Waals surface area (Å²) in [5, 5.41) is 9.78. The zero-order valence-electron chi connectivity index (χ0n) is 18.5. The van der Waals surface area contributed by atoms with Crippen molar-refractivity contribution in [1.82, 2.24) is 20.3 Å². The molecule has 0 unspecified atom stereocenters. The van der Waals surface area contributed by atoms with Crippen molar-refractivity contribution in [2.45, 2.75) is 13.1 Å². The van der Waals surface area contributed by atoms with Crippen LogP contribution in [0.3, 0.4) is 0 Å². The van der Waals surface area contributed by atoms with E-state index in [1.165, 1.54) is 0 Å². The van der Waals surface area contributed by atoms with Crippen LogP contribution in [0.1, 0.15) is 21.6 Å². The van der Waals surface area contributed by atoms with Crippen molar-refractivity contribution in [2.75, 3.05) is 17.4 Å². The van der Waals surface area contributed by atoms with E-state index >= 15 is 0 Å². The van der Waals surface area contributed by atoms with Gasteiger partial charge in [0.15, 0.2) is 11.5 Å². The molecule has 1 amide bonds. The van der Waals surface area contributed by atoms with Gasteiger partial charge >= 0.3 is 0 Å². The molecule has 9 nitrogen and oxygen atoms in total. The van der Waals surface area contributed by atoms with Gasteiger partial charge in [0.1, 0.15) is 11.5 Å². The number of aromatic nitrogens is 3. The first-order valence-electron chi connectivity index (χ1n) is 10.9. The minimum Gasteiger partial charge on any atom is -0.454 e. The summed E-state index contributed by atoms with van der Waals surface area (Å²) in [5.74, 6) is 1.95. The quantitative estimate of drug-likeness (QED) is 0.331. The van der Waals surface area contributed by atoms with Gasteiger partial charge in [-0.3, -0.25) is 9.78 Å². The maximum absolute atomic E-state index is 12.4. The van der Waals surface area contributed by atoms with Gasteiger partial charge in [-0.05, 0) is 42.0 Å². The molecule has 176 valence electrons. The Hall–Kier alpha value is -4.37. The van der Waals surface area contributed by atoms with E-state index in [2.05, 4.69) is 30.9 Å². The molecule has 0 aliphatic carbocycles. The molecule has 0 spiro atoms. The minimum atomic E-state index is -0.143. The van der Waals surface area contributed by atoms with Gasteiger partial charge in [-0.25, -0.2) is 4.98 Å². The highest BCUT2D eigenvalue weighted by molar-refractivity contribution is 6.33. The predicted molar refractivity (Wildman–Crippen MR) is 132 cm³/mol. The molecule has 3 heterocycles. The number of nitrogens with zero attached hydrogens (tertiary/aromatic N) is 3. The number of hydrogen-bond acceptors (Lipinski definition) is 8. The van der Waals surface area contributed by atoms with Crippen LogP contribution < -0.4 is 25.4 Å². The lowest BCUT2D eigenvalue weighted by Gasteiger charge is -2.13. The maximum Gasteiger partial charge on any atom is 0.251 e. The summed E-state index contributed by atoms with van der Waals surface area (Å²) in [5.41, 5.74) is 2.85. The fourth-order valence-electron chi connectivity index (χ4n) is 3.53. The molecule has 10 heteroatoms. The number of ether oxygens (including phenoxy) is 2. The number of fused-ring (bicyclic) bond motifs is 1. The number of amides is 1. The van der Waals surface area contributed by atoms with Crippen molar-refractivity contribution in [1.29, 1.82) is 0 Å². The molecule has 0 saturated heterocycles. The fourth-order valence-corrected chi connectivity index (χ4v) is 3.72. The topological polar surface area (TPSA) is 110 Å². The van der Waals surface area contributed by atoms with Gasteiger partial charge in [-0.1, -0.05) is 35.9 Å². The van der Waals surface area contributed by atoms with Crippen molar-refractivity contribution < 1.29 is 14.3 Å². The van der Waals surface area contributed by atoms with Gasteiger partial charge < -0.3 is 25.4 Å². The summed E-state index contributed by atoms with van der Waals surface area (Å²) < 4.78 is 10.9. The number of anilines is 3. The second kappa shape index (κ2) is 10.3. The molecule has 35 heavy (non-hydrogen) atoms. The highest BCUT2D eigenvalue weighted by Crippen LogP contribution is 2.44. The number of pyridine rings is 1. The van der Waals surface area contributed by atoms with E-state index in [4.69, 9.17) is 21.1 Å². The van der Waals surface area contributed by atoms with Gasteiger partial charge in [0.25, 0.3) is 5.91 Å². The molecule has 3 N–H and O–H groups in total. The Kier molecular flexibility index (Phi) is 6.58. The molecule has 1 aliphatic rings. The number of carbonyl (C=O) groups excluding carboxylic acids is 1. The number of benzene rings is 2. The van der Waals surface area contributed by atoms with Gasteiger partial charge in [0, 0.05) is 24.5 Å². The normalized spacial score (nSPS) is 11.7. The highest BCUT2D eigenvalue weighted by atomic mass is 35.5. The molecule has 5 rings (SSSR count). The monoisotopic (exact) mass is 488 g/mol. The Morgan fingerprint density at radius 3 is 2.71 bits per heavy atom. The highest BCUT2D eigenvalue weighted by Gasteiger charge is 2.21. The summed E-state index contributed by atoms with van der Waals surface area (Å²) >= 11 is 6.35. The number of halogens is 1. The number of carbonyl (C=O) groups is 1. The van der Waals surface area contributed by atoms with E-state index in [-0.39, 0.29) is 12.7 Å². The van der Waals surface area contributed by atoms with Crippen LogP contribution in [0.2, 0.25) is 5.02 Å². The largest absolute Gasteiger partial charge is 0.454 e. The van der Waals surface area contributed by atoms with Crippen LogP contribution in [0.25, 0.3) is 0 Å². The van der Waals surface area contributed by atoms with E-state index in [0.29, 0.717) is 52.6 Å². The van der Waals surface area contributed by atoms with Crippen molar-refractivity contribution in [3.63, 3.8) is 0 Å². The third-order valence-corrected chi connectivity index (χ3v) is 5.59. The minimum absolute atomic E-state index is 0.138. The second-order valence-corrected chi connectivity index (χ2v) is 7.97. The van der Waals surface area contributed by atoms with Gasteiger partial charge in [0.2, 0.25) is 12.7 Å². The predicted octanol–water partition coefficient (Wildman–Crippen LogP) is 4.54. The van der Waals surface area contributed by atoms with Crippen LogP contribution >= 0.6 is 11.6 Å². The van der Waals surface area contributed by atoms with Crippen LogP contribution in [-0.4, -0.2) is 27.7 Å². The average molecular weight is 489 g/mol. The van der Waals surface area contributed by atoms with E-state index in [0.717, 1.165) is 11.3 Å². The second-order valence-electron chi connectivity index (χ2n) is 7.56. The fraction of sp³-hybridized carbons (Fsp3) is 0.120. The number of hydrogen-bond donors (Lipinski definition) is 3. The standard InChI is InChI=1S/C25H21ClN6O3/c26-18-8-9-20-23(35-15-34-20)22(18)31-21-10-12-28-25(32-21)30-14-19-17(7-4-11-27-19)13-29-24(33)16-5-2-1-3-6-16/h1-12H,13-15H2,(H,29,33)(H2,28,30,31,32). The Bertz CT molecular complexity index is 1350. The molecule has 4 aromatic rings. The molecular weight excluding hydrogens is 468 g/mol. The maximum atomic E-state index is 12.4. The third kappa shape index (κ3) is 5.25. The zero-order valence-corrected chi connectivity index (χ0v) is 19.2. The Morgan fingerprint density at radius 2 is 1.83 bits per heavy atom. The summed E-state index contributed by atoms with van der Waals surface area (Å²) in [6, 6.07) is 18.1. The van der Waals surface area contributed by atoms with Crippen LogP contribution in [0.15, 0.2) is 73.1 Å². The van der Waals surface area contributed by atoms with E-state index in [1.807, 2.05) is 30.3 Å². The van der Waals surface area contributed by atoms with Crippen molar-refractivity contribution >= 4 is 35.0 Å². The smallest absolute Gasteiger partial charge is 0.251 e. The molecule has 0 radical (unpaired) electrons. The van der Waals surface area contributed by atoms with Gasteiger partial charge in [-0.2, -0.15) is 4.98 Å². The zero-order chi connectivity index (χ0) is 24.0. The first-order valence-corrected chi connectivity index (χ1v) is 11.2.